The Hall–Kier alpha value is -1.57. The van der Waals surface area contributed by atoms with Crippen LogP contribution < -0.4 is 4.74 Å². The fourth-order valence-corrected chi connectivity index (χ4v) is 8.90. The number of hydrogen-bond acceptors (Lipinski definition) is 7. The first-order valence-electron chi connectivity index (χ1n) is 23.9. The van der Waals surface area contributed by atoms with E-state index in [1.807, 2.05) is 0 Å². The monoisotopic (exact) mass is 875 g/mol. The smallest absolute Gasteiger partial charge is 0.324 e. The Morgan fingerprint density at radius 2 is 0.705 bits per heavy atom. The molecule has 0 fully saturated rings. The van der Waals surface area contributed by atoms with Gasteiger partial charge in [0.1, 0.15) is 11.4 Å². The van der Waals surface area contributed by atoms with E-state index in [1.54, 1.807) is 0 Å². The van der Waals surface area contributed by atoms with Crippen molar-refractivity contribution in [2.45, 2.75) is 240 Å². The molecule has 2 aromatic carbocycles. The minimum absolute atomic E-state index is 0.255. The third-order valence-corrected chi connectivity index (χ3v) is 12.6. The minimum Gasteiger partial charge on any atom is -0.481 e. The van der Waals surface area contributed by atoms with E-state index >= 15 is 0 Å². The van der Waals surface area contributed by atoms with Gasteiger partial charge in [-0.15, -0.1) is 0 Å². The molecular formula is C53H95O7P. The summed E-state index contributed by atoms with van der Waals surface area (Å²) in [7, 11) is -2.62. The Labute approximate surface area is 376 Å². The fourth-order valence-electron chi connectivity index (χ4n) is 8.90. The first kappa shape index (κ1) is 57.4. The van der Waals surface area contributed by atoms with E-state index in [0.717, 1.165) is 52.8 Å². The molecule has 0 spiro atoms. The Morgan fingerprint density at radius 3 is 0.967 bits per heavy atom. The zero-order chi connectivity index (χ0) is 46.9. The van der Waals surface area contributed by atoms with Gasteiger partial charge in [-0.25, -0.2) is 0 Å². The van der Waals surface area contributed by atoms with Crippen LogP contribution >= 0.6 is 8.60 Å². The van der Waals surface area contributed by atoms with Crippen molar-refractivity contribution in [1.82, 2.24) is 0 Å². The van der Waals surface area contributed by atoms with E-state index in [-0.39, 0.29) is 21.7 Å². The van der Waals surface area contributed by atoms with Crippen molar-refractivity contribution < 1.29 is 34.7 Å². The summed E-state index contributed by atoms with van der Waals surface area (Å²) in [6, 6.07) is 9.09. The quantitative estimate of drug-likeness (QED) is 0.0457. The molecule has 7 nitrogen and oxygen atoms in total. The summed E-state index contributed by atoms with van der Waals surface area (Å²) in [5.74, 6) is 0.817. The van der Waals surface area contributed by atoms with Gasteiger partial charge in [0.15, 0.2) is 0 Å². The van der Waals surface area contributed by atoms with Crippen LogP contribution in [0.25, 0.3) is 0 Å². The Bertz CT molecular complexity index is 1450. The van der Waals surface area contributed by atoms with Gasteiger partial charge in [-0.05, 0) is 59.5 Å². The maximum absolute atomic E-state index is 11.6. The number of aliphatic hydroxyl groups is 3. The van der Waals surface area contributed by atoms with Gasteiger partial charge in [0.05, 0.1) is 25.2 Å². The topological polar surface area (TPSA) is 131 Å². The molecule has 0 bridgehead atoms. The molecule has 0 aromatic heterocycles. The van der Waals surface area contributed by atoms with Crippen molar-refractivity contribution in [3.8, 4) is 5.75 Å². The highest BCUT2D eigenvalue weighted by atomic mass is 31.2. The molecule has 0 aliphatic heterocycles. The molecule has 8 heteroatoms. The molecule has 0 saturated carbocycles. The van der Waals surface area contributed by atoms with Gasteiger partial charge < -0.3 is 34.7 Å². The number of unbranched alkanes of at least 4 members (excludes halogenated alkanes) is 15. The number of aliphatic hydroxyl groups excluding tert-OH is 3. The Balaban J connectivity index is 0.00000444. The molecule has 6 N–H and O–H groups in total. The summed E-state index contributed by atoms with van der Waals surface area (Å²) in [4.78, 5) is 21.7. The largest absolute Gasteiger partial charge is 0.481 e. The number of benzene rings is 2. The lowest BCUT2D eigenvalue weighted by atomic mass is 9.60. The molecule has 2 aromatic rings. The summed E-state index contributed by atoms with van der Waals surface area (Å²) < 4.78 is 7.95. The van der Waals surface area contributed by atoms with Crippen LogP contribution in [0.2, 0.25) is 0 Å². The van der Waals surface area contributed by atoms with E-state index in [4.69, 9.17) is 19.4 Å². The highest BCUT2D eigenvalue weighted by molar-refractivity contribution is 7.38. The van der Waals surface area contributed by atoms with Crippen molar-refractivity contribution in [3.05, 3.63) is 63.2 Å². The molecule has 0 radical (unpaired) electrons. The van der Waals surface area contributed by atoms with E-state index in [0.29, 0.717) is 6.42 Å². The van der Waals surface area contributed by atoms with Gasteiger partial charge in [0.25, 0.3) is 0 Å². The van der Waals surface area contributed by atoms with Crippen LogP contribution in [0.1, 0.15) is 238 Å². The maximum atomic E-state index is 11.6. The minimum atomic E-state index is -2.62. The second-order valence-electron chi connectivity index (χ2n) is 22.4. The fraction of sp³-hybridized carbons (Fsp3) is 0.774. The lowest BCUT2D eigenvalue weighted by Crippen LogP contribution is -2.58. The van der Waals surface area contributed by atoms with Crippen LogP contribution in [0.15, 0.2) is 24.3 Å². The molecule has 354 valence electrons. The molecule has 61 heavy (non-hydrogen) atoms. The van der Waals surface area contributed by atoms with Gasteiger partial charge in [0, 0.05) is 16.7 Å². The lowest BCUT2D eigenvalue weighted by molar-refractivity contribution is -0.151. The van der Waals surface area contributed by atoms with Gasteiger partial charge >= 0.3 is 8.60 Å². The van der Waals surface area contributed by atoms with Gasteiger partial charge in [-0.3, -0.25) is 0 Å². The van der Waals surface area contributed by atoms with Crippen LogP contribution in [0.5, 0.6) is 5.75 Å². The summed E-state index contributed by atoms with van der Waals surface area (Å²) in [5, 5.41) is 34.9. The molecule has 0 saturated heterocycles. The van der Waals surface area contributed by atoms with Crippen molar-refractivity contribution >= 4 is 8.60 Å². The van der Waals surface area contributed by atoms with E-state index in [2.05, 4.69) is 128 Å². The first-order chi connectivity index (χ1) is 28.2. The number of rotatable bonds is 24. The molecule has 1 unspecified atom stereocenters. The standard InChI is InChI=1S/C53H92O4.H3O3P/c1-16-17-18-19-20-21-22-23-24-25-26-27-28-29-30-31-32-53(52(37-54,38-55)39-56,46-42(48(4,5)6)33-40(2)34-43(46)49(7,8)9)57-47-44(50(10,11)12)35-41(3)36-45(47)51(13,14)15;1-4(2)3/h33-36,54-56H,16-32,37-39H2,1-15H3;1-3H. The third kappa shape index (κ3) is 17.7. The van der Waals surface area contributed by atoms with Crippen molar-refractivity contribution in [1.29, 1.82) is 0 Å². The van der Waals surface area contributed by atoms with Gasteiger partial charge in [-0.1, -0.05) is 222 Å². The van der Waals surface area contributed by atoms with Crippen molar-refractivity contribution in [3.63, 3.8) is 0 Å². The van der Waals surface area contributed by atoms with Crippen molar-refractivity contribution in [2.24, 2.45) is 5.41 Å². The van der Waals surface area contributed by atoms with Crippen molar-refractivity contribution in [2.75, 3.05) is 19.8 Å². The predicted octanol–water partition coefficient (Wildman–Crippen LogP) is 13.6. The van der Waals surface area contributed by atoms with Crippen LogP contribution in [0.3, 0.4) is 0 Å². The average Bonchev–Trinajstić information content (AvgIpc) is 3.13. The second-order valence-corrected chi connectivity index (χ2v) is 23.0. The van der Waals surface area contributed by atoms with Crippen LogP contribution in [0.4, 0.5) is 0 Å². The summed E-state index contributed by atoms with van der Waals surface area (Å²) >= 11 is 0. The SMILES string of the molecule is CCCCCCCCCCCCCCCCCCC(Oc1c(C(C)(C)C)cc(C)cc1C(C)(C)C)(c1c(C(C)(C)C)cc(C)cc1C(C)(C)C)C(CO)(CO)CO.OP(O)O. The van der Waals surface area contributed by atoms with E-state index in [9.17, 15) is 15.3 Å². The normalized spacial score (nSPS) is 13.9. The molecule has 0 heterocycles. The molecule has 0 aliphatic rings. The zero-order valence-electron chi connectivity index (χ0n) is 42.0. The molecule has 0 aliphatic carbocycles. The number of aryl methyl sites for hydroxylation is 2. The first-order valence-corrected chi connectivity index (χ1v) is 25.1. The third-order valence-electron chi connectivity index (χ3n) is 12.6. The van der Waals surface area contributed by atoms with E-state index in [1.165, 1.54) is 94.6 Å². The second kappa shape index (κ2) is 25.8. The molecule has 1 atom stereocenters. The summed E-state index contributed by atoms with van der Waals surface area (Å²) in [5.41, 5.74) is 4.15. The number of ether oxygens (including phenoxy) is 1. The predicted molar refractivity (Wildman–Crippen MR) is 261 cm³/mol. The summed E-state index contributed by atoms with van der Waals surface area (Å²) in [6.07, 6.45) is 21.1. The number of hydrogen-bond donors (Lipinski definition) is 6. The lowest BCUT2D eigenvalue weighted by Gasteiger charge is -2.52. The zero-order valence-corrected chi connectivity index (χ0v) is 42.9. The highest BCUT2D eigenvalue weighted by Gasteiger charge is 2.57. The Morgan fingerprint density at radius 1 is 0.443 bits per heavy atom. The Kier molecular flexibility index (Phi) is 24.3. The van der Waals surface area contributed by atoms with Crippen LogP contribution in [-0.4, -0.2) is 49.8 Å². The van der Waals surface area contributed by atoms with Gasteiger partial charge in [-0.2, -0.15) is 0 Å². The average molecular weight is 875 g/mol. The highest BCUT2D eigenvalue weighted by Crippen LogP contribution is 2.55. The van der Waals surface area contributed by atoms with Crippen LogP contribution in [-0.2, 0) is 27.3 Å². The van der Waals surface area contributed by atoms with Crippen LogP contribution in [0, 0.1) is 19.3 Å². The maximum Gasteiger partial charge on any atom is 0.324 e. The molecule has 2 rings (SSSR count). The van der Waals surface area contributed by atoms with E-state index < -0.39 is 39.4 Å². The summed E-state index contributed by atoms with van der Waals surface area (Å²) in [6.45, 7) is 32.3. The molecular weight excluding hydrogens is 780 g/mol. The van der Waals surface area contributed by atoms with Gasteiger partial charge in [0.2, 0.25) is 0 Å². The molecule has 0 amide bonds.